The van der Waals surface area contributed by atoms with Crippen LogP contribution >= 0.6 is 0 Å². The van der Waals surface area contributed by atoms with Crippen LogP contribution in [0.15, 0.2) is 12.1 Å². The molecule has 0 saturated carbocycles. The second-order valence-electron chi connectivity index (χ2n) is 3.95. The molecular weight excluding hydrogens is 236 g/mol. The van der Waals surface area contributed by atoms with Crippen molar-refractivity contribution in [2.75, 3.05) is 14.2 Å². The van der Waals surface area contributed by atoms with Crippen LogP contribution in [0.2, 0.25) is 0 Å². The van der Waals surface area contributed by atoms with Gasteiger partial charge in [-0.1, -0.05) is 0 Å². The van der Waals surface area contributed by atoms with Gasteiger partial charge in [-0.25, -0.2) is 0 Å². The molecule has 0 aliphatic carbocycles. The van der Waals surface area contributed by atoms with Crippen molar-refractivity contribution in [1.29, 1.82) is 0 Å². The molecule has 0 fully saturated rings. The molecule has 1 aromatic carbocycles. The van der Waals surface area contributed by atoms with Crippen molar-refractivity contribution < 1.29 is 19.4 Å². The maximum absolute atomic E-state index is 10.9. The molecule has 6 heteroatoms. The van der Waals surface area contributed by atoms with Gasteiger partial charge in [-0.3, -0.25) is 4.79 Å². The van der Waals surface area contributed by atoms with Gasteiger partial charge in [0.25, 0.3) is 0 Å². The molecule has 0 amide bonds. The summed E-state index contributed by atoms with van der Waals surface area (Å²) >= 11 is 0. The highest BCUT2D eigenvalue weighted by Gasteiger charge is 2.25. The third-order valence-corrected chi connectivity index (χ3v) is 2.78. The number of ether oxygens (including phenoxy) is 2. The Hall–Kier alpha value is -1.79. The van der Waals surface area contributed by atoms with Crippen molar-refractivity contribution in [3.05, 3.63) is 23.3 Å². The molecule has 0 aromatic heterocycles. The van der Waals surface area contributed by atoms with Crippen molar-refractivity contribution in [1.82, 2.24) is 0 Å². The summed E-state index contributed by atoms with van der Waals surface area (Å²) in [5, 5.41) is 8.88. The van der Waals surface area contributed by atoms with Crippen molar-refractivity contribution in [3.63, 3.8) is 0 Å². The van der Waals surface area contributed by atoms with Crippen molar-refractivity contribution >= 4 is 5.97 Å². The average molecular weight is 254 g/mol. The Labute approximate surface area is 105 Å². The van der Waals surface area contributed by atoms with E-state index in [0.29, 0.717) is 17.1 Å². The highest BCUT2D eigenvalue weighted by atomic mass is 16.5. The minimum atomic E-state index is -1.20. The zero-order valence-corrected chi connectivity index (χ0v) is 10.6. The van der Waals surface area contributed by atoms with Gasteiger partial charge in [0.15, 0.2) is 0 Å². The van der Waals surface area contributed by atoms with Gasteiger partial charge in [0.2, 0.25) is 0 Å². The Morgan fingerprint density at radius 1 is 1.22 bits per heavy atom. The van der Waals surface area contributed by atoms with Gasteiger partial charge in [0, 0.05) is 5.56 Å². The zero-order chi connectivity index (χ0) is 13.9. The predicted octanol–water partition coefficient (Wildman–Crippen LogP) is 0.424. The third-order valence-electron chi connectivity index (χ3n) is 2.78. The van der Waals surface area contributed by atoms with Gasteiger partial charge in [-0.15, -0.1) is 0 Å². The van der Waals surface area contributed by atoms with Crippen LogP contribution in [0.3, 0.4) is 0 Å². The number of hydrogen-bond acceptors (Lipinski definition) is 5. The fourth-order valence-corrected chi connectivity index (χ4v) is 1.68. The third kappa shape index (κ3) is 2.72. The molecule has 100 valence electrons. The van der Waals surface area contributed by atoms with Gasteiger partial charge in [-0.2, -0.15) is 0 Å². The molecule has 5 N–H and O–H groups in total. The van der Waals surface area contributed by atoms with E-state index in [2.05, 4.69) is 0 Å². The van der Waals surface area contributed by atoms with Gasteiger partial charge >= 0.3 is 5.97 Å². The van der Waals surface area contributed by atoms with Crippen LogP contribution < -0.4 is 20.9 Å². The Morgan fingerprint density at radius 3 is 2.22 bits per heavy atom. The zero-order valence-electron chi connectivity index (χ0n) is 10.6. The summed E-state index contributed by atoms with van der Waals surface area (Å²) in [5.74, 6) is -0.0552. The number of nitrogens with two attached hydrogens (primary N) is 2. The van der Waals surface area contributed by atoms with Crippen LogP contribution in [-0.2, 0) is 4.79 Å². The molecule has 2 unspecified atom stereocenters. The molecule has 1 rings (SSSR count). The minimum Gasteiger partial charge on any atom is -0.496 e. The number of carboxylic acids is 1. The van der Waals surface area contributed by atoms with E-state index in [1.54, 1.807) is 12.1 Å². The summed E-state index contributed by atoms with van der Waals surface area (Å²) < 4.78 is 10.4. The SMILES string of the molecule is COc1cc(C(N)C(N)C(=O)O)c(OC)cc1C. The van der Waals surface area contributed by atoms with Crippen LogP contribution in [0.5, 0.6) is 11.5 Å². The Bertz CT molecular complexity index is 448. The standard InChI is InChI=1S/C12H18N2O4/c1-6-4-9(18-3)7(5-8(6)17-2)10(13)11(14)12(15)16/h4-5,10-11H,13-14H2,1-3H3,(H,15,16). The monoisotopic (exact) mass is 254 g/mol. The second-order valence-corrected chi connectivity index (χ2v) is 3.95. The average Bonchev–Trinajstić information content (AvgIpc) is 2.36. The van der Waals surface area contributed by atoms with Gasteiger partial charge < -0.3 is 26.0 Å². The normalized spacial score (nSPS) is 13.8. The molecule has 0 aliphatic rings. The van der Waals surface area contributed by atoms with E-state index in [1.165, 1.54) is 14.2 Å². The molecule has 0 radical (unpaired) electrons. The van der Waals surface area contributed by atoms with Crippen molar-refractivity contribution in [2.45, 2.75) is 19.0 Å². The fraction of sp³-hybridized carbons (Fsp3) is 0.417. The summed E-state index contributed by atoms with van der Waals surface area (Å²) in [7, 11) is 3.02. The van der Waals surface area contributed by atoms with Gasteiger partial charge in [0.1, 0.15) is 17.5 Å². The number of carboxylic acid groups (broad SMARTS) is 1. The Balaban J connectivity index is 3.25. The first kappa shape index (κ1) is 14.3. The summed E-state index contributed by atoms with van der Waals surface area (Å²) in [6.45, 7) is 1.85. The van der Waals surface area contributed by atoms with Crippen LogP contribution in [-0.4, -0.2) is 31.3 Å². The first-order chi connectivity index (χ1) is 8.42. The second kappa shape index (κ2) is 5.70. The van der Waals surface area contributed by atoms with Crippen LogP contribution in [0.1, 0.15) is 17.2 Å². The first-order valence-electron chi connectivity index (χ1n) is 5.38. The summed E-state index contributed by atoms with van der Waals surface area (Å²) in [6, 6.07) is 1.32. The summed E-state index contributed by atoms with van der Waals surface area (Å²) in [6.07, 6.45) is 0. The predicted molar refractivity (Wildman–Crippen MR) is 66.8 cm³/mol. The highest BCUT2D eigenvalue weighted by Crippen LogP contribution is 2.32. The molecule has 0 heterocycles. The van der Waals surface area contributed by atoms with Crippen LogP contribution in [0.4, 0.5) is 0 Å². The van der Waals surface area contributed by atoms with Crippen molar-refractivity contribution in [3.8, 4) is 11.5 Å². The molecule has 0 spiro atoms. The summed E-state index contributed by atoms with van der Waals surface area (Å²) in [4.78, 5) is 10.9. The Kier molecular flexibility index (Phi) is 4.52. The number of methoxy groups -OCH3 is 2. The van der Waals surface area contributed by atoms with E-state index >= 15 is 0 Å². The number of hydrogen-bond donors (Lipinski definition) is 3. The maximum atomic E-state index is 10.9. The van der Waals surface area contributed by atoms with E-state index in [9.17, 15) is 4.79 Å². The number of aliphatic carboxylic acids is 1. The topological polar surface area (TPSA) is 108 Å². The van der Waals surface area contributed by atoms with E-state index in [4.69, 9.17) is 26.0 Å². The largest absolute Gasteiger partial charge is 0.496 e. The number of benzene rings is 1. The van der Waals surface area contributed by atoms with E-state index in [0.717, 1.165) is 5.56 Å². The molecule has 0 bridgehead atoms. The van der Waals surface area contributed by atoms with Crippen LogP contribution in [0.25, 0.3) is 0 Å². The number of aryl methyl sites for hydroxylation is 1. The first-order valence-corrected chi connectivity index (χ1v) is 5.38. The molecule has 1 aromatic rings. The van der Waals surface area contributed by atoms with E-state index < -0.39 is 18.1 Å². The fourth-order valence-electron chi connectivity index (χ4n) is 1.68. The lowest BCUT2D eigenvalue weighted by Gasteiger charge is -2.20. The lowest BCUT2D eigenvalue weighted by atomic mass is 9.98. The lowest BCUT2D eigenvalue weighted by molar-refractivity contribution is -0.139. The Morgan fingerprint density at radius 2 is 1.78 bits per heavy atom. The quantitative estimate of drug-likeness (QED) is 0.703. The van der Waals surface area contributed by atoms with Gasteiger partial charge in [-0.05, 0) is 24.6 Å². The minimum absolute atomic E-state index is 0.498. The summed E-state index contributed by atoms with van der Waals surface area (Å²) in [5.41, 5.74) is 12.8. The van der Waals surface area contributed by atoms with E-state index in [1.807, 2.05) is 6.92 Å². The molecule has 2 atom stereocenters. The maximum Gasteiger partial charge on any atom is 0.322 e. The van der Waals surface area contributed by atoms with Gasteiger partial charge in [0.05, 0.1) is 20.3 Å². The lowest BCUT2D eigenvalue weighted by Crippen LogP contribution is -2.41. The smallest absolute Gasteiger partial charge is 0.322 e. The molecule has 18 heavy (non-hydrogen) atoms. The van der Waals surface area contributed by atoms with Crippen LogP contribution in [0, 0.1) is 6.92 Å². The van der Waals surface area contributed by atoms with Crippen molar-refractivity contribution in [2.24, 2.45) is 11.5 Å². The molecule has 0 aliphatic heterocycles. The number of carbonyl (C=O) groups is 1. The molecule has 0 saturated heterocycles. The highest BCUT2D eigenvalue weighted by molar-refractivity contribution is 5.75. The molecule has 6 nitrogen and oxygen atoms in total. The van der Waals surface area contributed by atoms with E-state index in [-0.39, 0.29) is 0 Å². The molecular formula is C12H18N2O4. The number of rotatable bonds is 5.